The van der Waals surface area contributed by atoms with Crippen LogP contribution in [0.2, 0.25) is 0 Å². The number of fused-ring (bicyclic) bond motifs is 7. The maximum atomic E-state index is 5.25. The highest BCUT2D eigenvalue weighted by Crippen LogP contribution is 2.40. The van der Waals surface area contributed by atoms with Crippen molar-refractivity contribution in [2.75, 3.05) is 0 Å². The maximum Gasteiger partial charge on any atom is 0.164 e. The molecular formula is C53H33N3. The van der Waals surface area contributed by atoms with Gasteiger partial charge in [-0.1, -0.05) is 188 Å². The molecule has 0 radical (unpaired) electrons. The van der Waals surface area contributed by atoms with Gasteiger partial charge in [-0.2, -0.15) is 0 Å². The Hall–Kier alpha value is -7.49. The van der Waals surface area contributed by atoms with Crippen molar-refractivity contribution in [3.8, 4) is 56.4 Å². The molecule has 0 saturated heterocycles. The summed E-state index contributed by atoms with van der Waals surface area (Å²) < 4.78 is 0. The molecular weight excluding hydrogens is 679 g/mol. The van der Waals surface area contributed by atoms with E-state index in [1.54, 1.807) is 0 Å². The predicted molar refractivity (Wildman–Crippen MR) is 235 cm³/mol. The van der Waals surface area contributed by atoms with Crippen molar-refractivity contribution in [1.82, 2.24) is 15.0 Å². The van der Waals surface area contributed by atoms with E-state index >= 15 is 0 Å². The summed E-state index contributed by atoms with van der Waals surface area (Å²) in [5, 5.41) is 12.1. The van der Waals surface area contributed by atoms with Crippen molar-refractivity contribution < 1.29 is 0 Å². The second-order valence-electron chi connectivity index (χ2n) is 14.4. The van der Waals surface area contributed by atoms with E-state index in [2.05, 4.69) is 194 Å². The summed E-state index contributed by atoms with van der Waals surface area (Å²) in [6.07, 6.45) is 0. The summed E-state index contributed by atoms with van der Waals surface area (Å²) in [7, 11) is 0. The molecule has 10 aromatic carbocycles. The standard InChI is InChI=1S/C53H33N3/c1-2-12-34(13-3-1)40-18-10-19-42(32-40)52-54-51(55-53(56-52)47-23-11-17-37-25-24-36-15-5-8-21-44(36)50(37)47)39-28-26-38(27-29-39)49-45-22-9-6-16-41(45)33-48-43-20-7-4-14-35(43)30-31-46(48)49/h1-33H. The van der Waals surface area contributed by atoms with Crippen molar-refractivity contribution in [2.24, 2.45) is 0 Å². The van der Waals surface area contributed by atoms with Gasteiger partial charge in [0.1, 0.15) is 0 Å². The van der Waals surface area contributed by atoms with Crippen LogP contribution in [0.1, 0.15) is 0 Å². The van der Waals surface area contributed by atoms with E-state index in [1.807, 2.05) is 6.07 Å². The lowest BCUT2D eigenvalue weighted by Crippen LogP contribution is -2.01. The molecule has 56 heavy (non-hydrogen) atoms. The van der Waals surface area contributed by atoms with Gasteiger partial charge in [0.2, 0.25) is 0 Å². The largest absolute Gasteiger partial charge is 0.208 e. The van der Waals surface area contributed by atoms with E-state index in [0.29, 0.717) is 17.5 Å². The molecule has 0 unspecified atom stereocenters. The van der Waals surface area contributed by atoms with Gasteiger partial charge in [0.05, 0.1) is 0 Å². The third-order valence-corrected chi connectivity index (χ3v) is 11.1. The Labute approximate surface area is 324 Å². The van der Waals surface area contributed by atoms with Crippen molar-refractivity contribution in [2.45, 2.75) is 0 Å². The van der Waals surface area contributed by atoms with Crippen molar-refractivity contribution in [1.29, 1.82) is 0 Å². The molecule has 11 rings (SSSR count). The first-order valence-corrected chi connectivity index (χ1v) is 19.0. The Morgan fingerprint density at radius 1 is 0.250 bits per heavy atom. The molecule has 0 saturated carbocycles. The molecule has 0 N–H and O–H groups in total. The van der Waals surface area contributed by atoms with Crippen molar-refractivity contribution in [3.05, 3.63) is 200 Å². The number of hydrogen-bond acceptors (Lipinski definition) is 3. The van der Waals surface area contributed by atoms with Gasteiger partial charge in [-0.3, -0.25) is 0 Å². The molecule has 0 aliphatic rings. The van der Waals surface area contributed by atoms with E-state index in [-0.39, 0.29) is 0 Å². The second-order valence-corrected chi connectivity index (χ2v) is 14.4. The van der Waals surface area contributed by atoms with Crippen LogP contribution in [0, 0.1) is 0 Å². The molecule has 0 atom stereocenters. The molecule has 3 heteroatoms. The minimum Gasteiger partial charge on any atom is -0.208 e. The minimum atomic E-state index is 0.632. The van der Waals surface area contributed by atoms with Gasteiger partial charge < -0.3 is 0 Å². The third-order valence-electron chi connectivity index (χ3n) is 11.1. The van der Waals surface area contributed by atoms with Crippen LogP contribution < -0.4 is 0 Å². The van der Waals surface area contributed by atoms with Crippen LogP contribution in [0.25, 0.3) is 110 Å². The van der Waals surface area contributed by atoms with Gasteiger partial charge in [-0.15, -0.1) is 0 Å². The normalized spacial score (nSPS) is 11.6. The molecule has 0 amide bonds. The fourth-order valence-corrected chi connectivity index (χ4v) is 8.39. The fourth-order valence-electron chi connectivity index (χ4n) is 8.39. The minimum absolute atomic E-state index is 0.632. The topological polar surface area (TPSA) is 38.7 Å². The van der Waals surface area contributed by atoms with E-state index < -0.39 is 0 Å². The zero-order valence-electron chi connectivity index (χ0n) is 30.4. The molecule has 0 aliphatic heterocycles. The first-order chi connectivity index (χ1) is 27.7. The highest BCUT2D eigenvalue weighted by Gasteiger charge is 2.17. The molecule has 11 aromatic rings. The van der Waals surface area contributed by atoms with Gasteiger partial charge in [-0.25, -0.2) is 15.0 Å². The van der Waals surface area contributed by atoms with Crippen LogP contribution in [0.15, 0.2) is 200 Å². The van der Waals surface area contributed by atoms with Gasteiger partial charge in [0.25, 0.3) is 0 Å². The summed E-state index contributed by atoms with van der Waals surface area (Å²) in [5.74, 6) is 1.91. The van der Waals surface area contributed by atoms with Gasteiger partial charge in [-0.05, 0) is 82.9 Å². The van der Waals surface area contributed by atoms with Crippen LogP contribution in [0.5, 0.6) is 0 Å². The Morgan fingerprint density at radius 2 is 0.804 bits per heavy atom. The van der Waals surface area contributed by atoms with E-state index in [4.69, 9.17) is 15.0 Å². The molecule has 1 aromatic heterocycles. The van der Waals surface area contributed by atoms with Crippen LogP contribution >= 0.6 is 0 Å². The molecule has 0 aliphatic carbocycles. The monoisotopic (exact) mass is 711 g/mol. The third kappa shape index (κ3) is 5.40. The molecule has 0 bridgehead atoms. The summed E-state index contributed by atoms with van der Waals surface area (Å²) in [6.45, 7) is 0. The molecule has 1 heterocycles. The summed E-state index contributed by atoms with van der Waals surface area (Å²) in [6, 6.07) is 71.2. The predicted octanol–water partition coefficient (Wildman–Crippen LogP) is 14.0. The van der Waals surface area contributed by atoms with Crippen molar-refractivity contribution in [3.63, 3.8) is 0 Å². The van der Waals surface area contributed by atoms with Crippen molar-refractivity contribution >= 4 is 53.9 Å². The Balaban J connectivity index is 1.11. The molecule has 0 spiro atoms. The lowest BCUT2D eigenvalue weighted by Gasteiger charge is -2.15. The van der Waals surface area contributed by atoms with Crippen LogP contribution in [0.4, 0.5) is 0 Å². The van der Waals surface area contributed by atoms with Crippen LogP contribution in [-0.4, -0.2) is 15.0 Å². The quantitative estimate of drug-likeness (QED) is 0.132. The number of nitrogens with zero attached hydrogens (tertiary/aromatic N) is 3. The summed E-state index contributed by atoms with van der Waals surface area (Å²) in [5.41, 5.74) is 7.49. The zero-order valence-corrected chi connectivity index (χ0v) is 30.4. The number of hydrogen-bond donors (Lipinski definition) is 0. The van der Waals surface area contributed by atoms with Crippen LogP contribution in [-0.2, 0) is 0 Å². The summed E-state index contributed by atoms with van der Waals surface area (Å²) >= 11 is 0. The first-order valence-electron chi connectivity index (χ1n) is 19.0. The van der Waals surface area contributed by atoms with E-state index in [0.717, 1.165) is 44.2 Å². The smallest absolute Gasteiger partial charge is 0.164 e. The number of aromatic nitrogens is 3. The van der Waals surface area contributed by atoms with E-state index in [1.165, 1.54) is 48.7 Å². The van der Waals surface area contributed by atoms with E-state index in [9.17, 15) is 0 Å². The molecule has 260 valence electrons. The molecule has 3 nitrogen and oxygen atoms in total. The maximum absolute atomic E-state index is 5.25. The van der Waals surface area contributed by atoms with Gasteiger partial charge in [0, 0.05) is 22.1 Å². The first kappa shape index (κ1) is 32.0. The summed E-state index contributed by atoms with van der Waals surface area (Å²) in [4.78, 5) is 15.7. The lowest BCUT2D eigenvalue weighted by atomic mass is 9.89. The highest BCUT2D eigenvalue weighted by atomic mass is 15.0. The average Bonchev–Trinajstić information content (AvgIpc) is 3.28. The lowest BCUT2D eigenvalue weighted by molar-refractivity contribution is 1.08. The second kappa shape index (κ2) is 13.1. The average molecular weight is 712 g/mol. The van der Waals surface area contributed by atoms with Gasteiger partial charge in [0.15, 0.2) is 17.5 Å². The highest BCUT2D eigenvalue weighted by molar-refractivity contribution is 6.20. The Bertz CT molecular complexity index is 3300. The Morgan fingerprint density at radius 3 is 1.62 bits per heavy atom. The fraction of sp³-hybridized carbons (Fsp3) is 0. The van der Waals surface area contributed by atoms with Gasteiger partial charge >= 0.3 is 0 Å². The number of benzene rings is 10. The van der Waals surface area contributed by atoms with Crippen LogP contribution in [0.3, 0.4) is 0 Å². The number of rotatable bonds is 5. The SMILES string of the molecule is c1ccc(-c2cccc(-c3nc(-c4ccc(-c5c6ccccc6cc6c5ccc5ccccc56)cc4)nc(-c4cccc5ccc6ccccc6c45)n3)c2)cc1. The Kier molecular flexibility index (Phi) is 7.49. The zero-order chi connectivity index (χ0) is 37.0. The molecule has 0 fully saturated rings.